The Hall–Kier alpha value is -1.79. The lowest BCUT2D eigenvalue weighted by Crippen LogP contribution is -2.16. The lowest BCUT2D eigenvalue weighted by molar-refractivity contribution is 0.156. The summed E-state index contributed by atoms with van der Waals surface area (Å²) in [6.45, 7) is 0. The molecule has 0 amide bonds. The highest BCUT2D eigenvalue weighted by molar-refractivity contribution is 7.91. The Morgan fingerprint density at radius 3 is 2.38 bits per heavy atom. The molecule has 1 aliphatic carbocycles. The summed E-state index contributed by atoms with van der Waals surface area (Å²) in [5.41, 5.74) is 0.729. The van der Waals surface area contributed by atoms with Gasteiger partial charge >= 0.3 is 0 Å². The minimum Gasteiger partial charge on any atom is -0.393 e. The average molecular weight is 380 g/mol. The number of sulfone groups is 1. The normalized spacial score (nSPS) is 21.3. The van der Waals surface area contributed by atoms with Crippen molar-refractivity contribution in [2.75, 3.05) is 5.75 Å². The molecule has 0 heterocycles. The Morgan fingerprint density at radius 2 is 1.69 bits per heavy atom. The highest BCUT2D eigenvalue weighted by Crippen LogP contribution is 2.28. The van der Waals surface area contributed by atoms with E-state index >= 15 is 0 Å². The molecule has 0 saturated heterocycles. The molecular formula is C20H22F2O3S. The maximum Gasteiger partial charge on any atom is 0.178 e. The van der Waals surface area contributed by atoms with Gasteiger partial charge in [0.05, 0.1) is 16.8 Å². The Balaban J connectivity index is 1.76. The zero-order valence-corrected chi connectivity index (χ0v) is 15.2. The van der Waals surface area contributed by atoms with E-state index in [0.717, 1.165) is 25.3 Å². The second-order valence-corrected chi connectivity index (χ2v) is 8.99. The van der Waals surface area contributed by atoms with Gasteiger partial charge in [-0.25, -0.2) is 17.2 Å². The summed E-state index contributed by atoms with van der Waals surface area (Å²) in [5, 5.41) is 9.70. The van der Waals surface area contributed by atoms with E-state index in [4.69, 9.17) is 0 Å². The maximum absolute atomic E-state index is 13.9. The molecule has 1 aliphatic rings. The summed E-state index contributed by atoms with van der Waals surface area (Å²) in [5.74, 6) is -1.23. The van der Waals surface area contributed by atoms with Gasteiger partial charge in [0, 0.05) is 11.6 Å². The smallest absolute Gasteiger partial charge is 0.178 e. The number of hydrogen-bond acceptors (Lipinski definition) is 3. The number of halogens is 2. The standard InChI is InChI=1S/C20H22F2O3S/c21-16-7-11-19(20(22)12-16)15-5-9-18(10-6-15)26(24,25)13-14-2-1-3-17(23)8-4-14/h5-7,9-12,14,17,23H,1-4,8,13H2/t14?,17-/m1/s1. The summed E-state index contributed by atoms with van der Waals surface area (Å²) in [7, 11) is -3.44. The van der Waals surface area contributed by atoms with Gasteiger partial charge in [0.15, 0.2) is 9.84 Å². The van der Waals surface area contributed by atoms with Crippen LogP contribution in [0, 0.1) is 17.6 Å². The van der Waals surface area contributed by atoms with Gasteiger partial charge in [-0.3, -0.25) is 0 Å². The Kier molecular flexibility index (Phi) is 5.73. The van der Waals surface area contributed by atoms with Crippen LogP contribution in [-0.4, -0.2) is 25.4 Å². The van der Waals surface area contributed by atoms with Gasteiger partial charge < -0.3 is 5.11 Å². The monoisotopic (exact) mass is 380 g/mol. The quantitative estimate of drug-likeness (QED) is 0.803. The predicted octanol–water partition coefficient (Wildman–Crippen LogP) is 4.35. The zero-order chi connectivity index (χ0) is 18.7. The fourth-order valence-corrected chi connectivity index (χ4v) is 5.19. The molecule has 0 spiro atoms. The van der Waals surface area contributed by atoms with Crippen LogP contribution in [0.3, 0.4) is 0 Å². The van der Waals surface area contributed by atoms with Gasteiger partial charge in [-0.1, -0.05) is 18.6 Å². The SMILES string of the molecule is O=S(=O)(CC1CCC[C@@H](O)CC1)c1ccc(-c2ccc(F)cc2F)cc1. The van der Waals surface area contributed by atoms with Crippen molar-refractivity contribution in [3.8, 4) is 11.1 Å². The number of aliphatic hydroxyl groups excluding tert-OH is 1. The highest BCUT2D eigenvalue weighted by Gasteiger charge is 2.24. The van der Waals surface area contributed by atoms with Crippen molar-refractivity contribution >= 4 is 9.84 Å². The number of rotatable bonds is 4. The van der Waals surface area contributed by atoms with Crippen LogP contribution in [0.1, 0.15) is 32.1 Å². The minimum absolute atomic E-state index is 0.0476. The van der Waals surface area contributed by atoms with E-state index < -0.39 is 21.5 Å². The molecule has 1 unspecified atom stereocenters. The lowest BCUT2D eigenvalue weighted by Gasteiger charge is -2.14. The van der Waals surface area contributed by atoms with Crippen molar-refractivity contribution < 1.29 is 22.3 Å². The van der Waals surface area contributed by atoms with Crippen molar-refractivity contribution in [2.24, 2.45) is 5.92 Å². The fourth-order valence-electron chi connectivity index (χ4n) is 3.50. The molecule has 0 bridgehead atoms. The van der Waals surface area contributed by atoms with Gasteiger partial charge in [-0.2, -0.15) is 0 Å². The van der Waals surface area contributed by atoms with E-state index in [2.05, 4.69) is 0 Å². The third-order valence-electron chi connectivity index (χ3n) is 4.97. The third-order valence-corrected chi connectivity index (χ3v) is 6.87. The molecule has 1 saturated carbocycles. The largest absolute Gasteiger partial charge is 0.393 e. The first-order valence-corrected chi connectivity index (χ1v) is 10.5. The molecule has 3 rings (SSSR count). The summed E-state index contributed by atoms with van der Waals surface area (Å²) in [6.07, 6.45) is 3.39. The summed E-state index contributed by atoms with van der Waals surface area (Å²) in [6, 6.07) is 9.34. The predicted molar refractivity (Wildman–Crippen MR) is 96.4 cm³/mol. The number of hydrogen-bond donors (Lipinski definition) is 1. The van der Waals surface area contributed by atoms with Crippen LogP contribution >= 0.6 is 0 Å². The Morgan fingerprint density at radius 1 is 0.962 bits per heavy atom. The molecule has 1 fully saturated rings. The highest BCUT2D eigenvalue weighted by atomic mass is 32.2. The van der Waals surface area contributed by atoms with Crippen molar-refractivity contribution in [2.45, 2.75) is 43.1 Å². The van der Waals surface area contributed by atoms with E-state index in [1.165, 1.54) is 24.3 Å². The van der Waals surface area contributed by atoms with E-state index in [1.807, 2.05) is 0 Å². The van der Waals surface area contributed by atoms with Crippen LogP contribution in [0.25, 0.3) is 11.1 Å². The maximum atomic E-state index is 13.9. The van der Waals surface area contributed by atoms with Gasteiger partial charge in [-0.15, -0.1) is 0 Å². The molecule has 0 radical (unpaired) electrons. The van der Waals surface area contributed by atoms with Crippen LogP contribution in [0.2, 0.25) is 0 Å². The summed E-state index contributed by atoms with van der Waals surface area (Å²) in [4.78, 5) is 0.202. The molecule has 0 aliphatic heterocycles. The van der Waals surface area contributed by atoms with Crippen LogP contribution in [0.5, 0.6) is 0 Å². The van der Waals surface area contributed by atoms with Crippen LogP contribution < -0.4 is 0 Å². The molecule has 2 atom stereocenters. The van der Waals surface area contributed by atoms with Crippen molar-refractivity contribution in [1.82, 2.24) is 0 Å². The number of aliphatic hydroxyl groups is 1. The Bertz CT molecular complexity index is 863. The second-order valence-electron chi connectivity index (χ2n) is 6.96. The van der Waals surface area contributed by atoms with E-state index in [0.29, 0.717) is 18.4 Å². The van der Waals surface area contributed by atoms with E-state index in [-0.39, 0.29) is 28.2 Å². The molecular weight excluding hydrogens is 358 g/mol. The molecule has 3 nitrogen and oxygen atoms in total. The second kappa shape index (κ2) is 7.84. The topological polar surface area (TPSA) is 54.4 Å². The van der Waals surface area contributed by atoms with Gasteiger partial charge in [0.25, 0.3) is 0 Å². The van der Waals surface area contributed by atoms with Gasteiger partial charge in [0.2, 0.25) is 0 Å². The van der Waals surface area contributed by atoms with E-state index in [1.54, 1.807) is 12.1 Å². The van der Waals surface area contributed by atoms with Gasteiger partial charge in [-0.05, 0) is 61.4 Å². The first-order valence-electron chi connectivity index (χ1n) is 8.81. The van der Waals surface area contributed by atoms with Crippen molar-refractivity contribution in [3.05, 3.63) is 54.1 Å². The zero-order valence-electron chi connectivity index (χ0n) is 14.4. The third kappa shape index (κ3) is 4.48. The molecule has 1 N–H and O–H groups in total. The molecule has 26 heavy (non-hydrogen) atoms. The average Bonchev–Trinajstić information content (AvgIpc) is 2.79. The summed E-state index contributed by atoms with van der Waals surface area (Å²) >= 11 is 0. The van der Waals surface area contributed by atoms with Crippen molar-refractivity contribution in [1.29, 1.82) is 0 Å². The molecule has 140 valence electrons. The molecule has 2 aromatic carbocycles. The van der Waals surface area contributed by atoms with Crippen LogP contribution in [-0.2, 0) is 9.84 Å². The van der Waals surface area contributed by atoms with E-state index in [9.17, 15) is 22.3 Å². The summed E-state index contributed by atoms with van der Waals surface area (Å²) < 4.78 is 52.2. The first-order chi connectivity index (χ1) is 12.3. The van der Waals surface area contributed by atoms with Crippen LogP contribution in [0.15, 0.2) is 47.4 Å². The molecule has 0 aromatic heterocycles. The Labute approximate surface area is 152 Å². The minimum atomic E-state index is -3.44. The first kappa shape index (κ1) is 19.0. The molecule has 6 heteroatoms. The lowest BCUT2D eigenvalue weighted by atomic mass is 10.0. The fraction of sp³-hybridized carbons (Fsp3) is 0.400. The molecule has 2 aromatic rings. The van der Waals surface area contributed by atoms with Crippen molar-refractivity contribution in [3.63, 3.8) is 0 Å². The van der Waals surface area contributed by atoms with Crippen LogP contribution in [0.4, 0.5) is 8.78 Å². The number of benzene rings is 2. The van der Waals surface area contributed by atoms with Gasteiger partial charge in [0.1, 0.15) is 11.6 Å².